The third-order valence-electron chi connectivity index (χ3n) is 4.99. The highest BCUT2D eigenvalue weighted by Gasteiger charge is 2.18. The SMILES string of the molecule is Cc1ncc(NCc2ccc3nccnc3c2)c(N2CCNCC2)c1C. The minimum absolute atomic E-state index is 0.732. The number of aromatic nitrogens is 3. The Morgan fingerprint density at radius 3 is 2.62 bits per heavy atom. The first-order valence-corrected chi connectivity index (χ1v) is 9.08. The normalized spacial score (nSPS) is 14.6. The monoisotopic (exact) mass is 348 g/mol. The molecule has 3 heterocycles. The third-order valence-corrected chi connectivity index (χ3v) is 4.99. The van der Waals surface area contributed by atoms with Crippen LogP contribution in [0.15, 0.2) is 36.8 Å². The molecule has 1 fully saturated rings. The average molecular weight is 348 g/mol. The topological polar surface area (TPSA) is 66.0 Å². The van der Waals surface area contributed by atoms with Gasteiger partial charge in [0, 0.05) is 50.8 Å². The van der Waals surface area contributed by atoms with Crippen molar-refractivity contribution in [1.29, 1.82) is 0 Å². The third kappa shape index (κ3) is 3.32. The van der Waals surface area contributed by atoms with E-state index in [1.807, 2.05) is 12.3 Å². The summed E-state index contributed by atoms with van der Waals surface area (Å²) in [5, 5.41) is 7.01. The Bertz CT molecular complexity index is 917. The van der Waals surface area contributed by atoms with Gasteiger partial charge in [0.05, 0.1) is 28.6 Å². The fourth-order valence-electron chi connectivity index (χ4n) is 3.43. The molecule has 0 saturated carbocycles. The lowest BCUT2D eigenvalue weighted by Crippen LogP contribution is -2.44. The molecule has 134 valence electrons. The maximum Gasteiger partial charge on any atom is 0.0890 e. The standard InChI is InChI=1S/C20H24N6/c1-14-15(2)24-13-19(20(14)26-9-7-21-8-10-26)25-12-16-3-4-17-18(11-16)23-6-5-22-17/h3-6,11,13,21,25H,7-10,12H2,1-2H3. The van der Waals surface area contributed by atoms with Crippen molar-refractivity contribution in [3.63, 3.8) is 0 Å². The van der Waals surface area contributed by atoms with Crippen molar-refractivity contribution in [2.45, 2.75) is 20.4 Å². The molecule has 0 aliphatic carbocycles. The molecule has 1 aliphatic rings. The van der Waals surface area contributed by atoms with E-state index in [9.17, 15) is 0 Å². The molecule has 6 nitrogen and oxygen atoms in total. The first kappa shape index (κ1) is 16.7. The van der Waals surface area contributed by atoms with E-state index in [1.54, 1.807) is 12.4 Å². The number of aryl methyl sites for hydroxylation is 1. The van der Waals surface area contributed by atoms with Crippen molar-refractivity contribution in [2.24, 2.45) is 0 Å². The predicted molar refractivity (Wildman–Crippen MR) is 106 cm³/mol. The number of fused-ring (bicyclic) bond motifs is 1. The molecule has 1 aromatic carbocycles. The van der Waals surface area contributed by atoms with Crippen molar-refractivity contribution in [3.8, 4) is 0 Å². The van der Waals surface area contributed by atoms with Gasteiger partial charge in [-0.25, -0.2) is 0 Å². The Morgan fingerprint density at radius 1 is 1.04 bits per heavy atom. The fraction of sp³-hybridized carbons (Fsp3) is 0.350. The summed E-state index contributed by atoms with van der Waals surface area (Å²) in [4.78, 5) is 15.7. The predicted octanol–water partition coefficient (Wildman–Crippen LogP) is 2.66. The second-order valence-electron chi connectivity index (χ2n) is 6.70. The van der Waals surface area contributed by atoms with Crippen molar-refractivity contribution in [1.82, 2.24) is 20.3 Å². The highest BCUT2D eigenvalue weighted by Crippen LogP contribution is 2.31. The molecule has 4 rings (SSSR count). The molecule has 1 saturated heterocycles. The summed E-state index contributed by atoms with van der Waals surface area (Å²) in [5.74, 6) is 0. The van der Waals surface area contributed by atoms with Crippen LogP contribution < -0.4 is 15.5 Å². The molecule has 0 spiro atoms. The minimum atomic E-state index is 0.732. The van der Waals surface area contributed by atoms with Gasteiger partial charge >= 0.3 is 0 Å². The van der Waals surface area contributed by atoms with Gasteiger partial charge in [0.2, 0.25) is 0 Å². The Balaban J connectivity index is 1.59. The lowest BCUT2D eigenvalue weighted by molar-refractivity contribution is 0.588. The van der Waals surface area contributed by atoms with Crippen LogP contribution in [0.2, 0.25) is 0 Å². The highest BCUT2D eigenvalue weighted by atomic mass is 15.2. The summed E-state index contributed by atoms with van der Waals surface area (Å²) in [7, 11) is 0. The molecule has 0 radical (unpaired) electrons. The largest absolute Gasteiger partial charge is 0.378 e. The van der Waals surface area contributed by atoms with Gasteiger partial charge in [0.1, 0.15) is 0 Å². The van der Waals surface area contributed by atoms with Gasteiger partial charge < -0.3 is 15.5 Å². The number of nitrogens with one attached hydrogen (secondary N) is 2. The smallest absolute Gasteiger partial charge is 0.0890 e. The molecule has 1 aliphatic heterocycles. The quantitative estimate of drug-likeness (QED) is 0.756. The van der Waals surface area contributed by atoms with Gasteiger partial charge in [0.25, 0.3) is 0 Å². The van der Waals surface area contributed by atoms with E-state index in [0.29, 0.717) is 0 Å². The lowest BCUT2D eigenvalue weighted by atomic mass is 10.1. The zero-order chi connectivity index (χ0) is 17.9. The summed E-state index contributed by atoms with van der Waals surface area (Å²) >= 11 is 0. The van der Waals surface area contributed by atoms with Gasteiger partial charge in [-0.3, -0.25) is 15.0 Å². The van der Waals surface area contributed by atoms with Gasteiger partial charge in [0.15, 0.2) is 0 Å². The summed E-state index contributed by atoms with van der Waals surface area (Å²) in [6, 6.07) is 6.21. The molecule has 0 bridgehead atoms. The van der Waals surface area contributed by atoms with Gasteiger partial charge in [-0.15, -0.1) is 0 Å². The molecule has 0 unspecified atom stereocenters. The Morgan fingerprint density at radius 2 is 1.81 bits per heavy atom. The van der Waals surface area contributed by atoms with Crippen LogP contribution in [0, 0.1) is 13.8 Å². The van der Waals surface area contributed by atoms with Gasteiger partial charge in [-0.1, -0.05) is 6.07 Å². The van der Waals surface area contributed by atoms with Crippen LogP contribution in [0.1, 0.15) is 16.8 Å². The summed E-state index contributed by atoms with van der Waals surface area (Å²) in [5.41, 5.74) is 7.74. The molecular formula is C20H24N6. The van der Waals surface area contributed by atoms with E-state index in [-0.39, 0.29) is 0 Å². The number of piperazine rings is 1. The Kier molecular flexibility index (Phi) is 4.67. The number of benzene rings is 1. The van der Waals surface area contributed by atoms with E-state index < -0.39 is 0 Å². The Hall–Kier alpha value is -2.73. The van der Waals surface area contributed by atoms with Crippen LogP contribution >= 0.6 is 0 Å². The molecule has 3 aromatic rings. The number of rotatable bonds is 4. The van der Waals surface area contributed by atoms with Crippen LogP contribution in [0.5, 0.6) is 0 Å². The number of hydrogen-bond acceptors (Lipinski definition) is 6. The zero-order valence-electron chi connectivity index (χ0n) is 15.3. The first-order chi connectivity index (χ1) is 12.7. The van der Waals surface area contributed by atoms with Crippen molar-refractivity contribution in [3.05, 3.63) is 53.6 Å². The molecule has 2 aromatic heterocycles. The van der Waals surface area contributed by atoms with E-state index in [2.05, 4.69) is 56.5 Å². The maximum absolute atomic E-state index is 4.57. The number of pyridine rings is 1. The summed E-state index contributed by atoms with van der Waals surface area (Å²) in [6.07, 6.45) is 5.41. The number of nitrogens with zero attached hydrogens (tertiary/aromatic N) is 4. The molecule has 0 amide bonds. The van der Waals surface area contributed by atoms with Gasteiger partial charge in [-0.2, -0.15) is 0 Å². The van der Waals surface area contributed by atoms with Crippen molar-refractivity contribution >= 4 is 22.4 Å². The number of anilines is 2. The summed E-state index contributed by atoms with van der Waals surface area (Å²) < 4.78 is 0. The molecule has 0 atom stereocenters. The maximum atomic E-state index is 4.57. The average Bonchev–Trinajstić information content (AvgIpc) is 2.69. The highest BCUT2D eigenvalue weighted by molar-refractivity contribution is 5.76. The molecule has 2 N–H and O–H groups in total. The zero-order valence-corrected chi connectivity index (χ0v) is 15.3. The minimum Gasteiger partial charge on any atom is -0.378 e. The molecular weight excluding hydrogens is 324 g/mol. The second kappa shape index (κ2) is 7.25. The van der Waals surface area contributed by atoms with Crippen LogP contribution in [-0.4, -0.2) is 41.1 Å². The summed E-state index contributed by atoms with van der Waals surface area (Å²) in [6.45, 7) is 9.04. The molecule has 26 heavy (non-hydrogen) atoms. The fourth-order valence-corrected chi connectivity index (χ4v) is 3.43. The van der Waals surface area contributed by atoms with E-state index in [0.717, 1.165) is 55.1 Å². The number of hydrogen-bond donors (Lipinski definition) is 2. The van der Waals surface area contributed by atoms with Crippen molar-refractivity contribution < 1.29 is 0 Å². The van der Waals surface area contributed by atoms with Crippen LogP contribution in [0.25, 0.3) is 11.0 Å². The van der Waals surface area contributed by atoms with Gasteiger partial charge in [-0.05, 0) is 37.1 Å². The van der Waals surface area contributed by atoms with Crippen LogP contribution in [0.4, 0.5) is 11.4 Å². The van der Waals surface area contributed by atoms with E-state index in [1.165, 1.54) is 16.8 Å². The van der Waals surface area contributed by atoms with Crippen molar-refractivity contribution in [2.75, 3.05) is 36.4 Å². The van der Waals surface area contributed by atoms with Crippen LogP contribution in [-0.2, 0) is 6.54 Å². The lowest BCUT2D eigenvalue weighted by Gasteiger charge is -2.32. The second-order valence-corrected chi connectivity index (χ2v) is 6.70. The first-order valence-electron chi connectivity index (χ1n) is 9.08. The van der Waals surface area contributed by atoms with E-state index >= 15 is 0 Å². The van der Waals surface area contributed by atoms with Crippen LogP contribution in [0.3, 0.4) is 0 Å². The van der Waals surface area contributed by atoms with E-state index in [4.69, 9.17) is 0 Å². The molecule has 6 heteroatoms. The Labute approximate surface area is 153 Å².